The van der Waals surface area contributed by atoms with E-state index in [1.54, 1.807) is 0 Å². The molecule has 0 fully saturated rings. The SMILES string of the molecule is CCC(CC)NC(=O)COC(=O)c1cc2c(cc1[N+](=O)[O-])OCO2. The third-order valence-corrected chi connectivity index (χ3v) is 3.59. The molecule has 9 nitrogen and oxygen atoms in total. The number of carbonyl (C=O) groups excluding carboxylic acids is 2. The van der Waals surface area contributed by atoms with Crippen LogP contribution in [0.25, 0.3) is 0 Å². The molecule has 0 aliphatic carbocycles. The number of hydrogen-bond acceptors (Lipinski definition) is 7. The van der Waals surface area contributed by atoms with Gasteiger partial charge in [-0.15, -0.1) is 0 Å². The standard InChI is InChI=1S/C15H18N2O7/c1-3-9(4-2)16-14(18)7-22-15(19)10-5-12-13(24-8-23-12)6-11(10)17(20)21/h5-6,9H,3-4,7-8H2,1-2H3,(H,16,18). The van der Waals surface area contributed by atoms with Gasteiger partial charge in [0.2, 0.25) is 6.79 Å². The van der Waals surface area contributed by atoms with Crippen molar-refractivity contribution in [3.8, 4) is 11.5 Å². The maximum atomic E-state index is 12.1. The molecule has 1 heterocycles. The Labute approximate surface area is 138 Å². The smallest absolute Gasteiger partial charge is 0.345 e. The maximum absolute atomic E-state index is 12.1. The molecule has 0 saturated heterocycles. The number of esters is 1. The molecule has 0 saturated carbocycles. The van der Waals surface area contributed by atoms with E-state index in [-0.39, 0.29) is 29.9 Å². The molecule has 24 heavy (non-hydrogen) atoms. The fourth-order valence-corrected chi connectivity index (χ4v) is 2.22. The molecule has 1 aliphatic heterocycles. The molecular formula is C15H18N2O7. The van der Waals surface area contributed by atoms with Gasteiger partial charge in [0.05, 0.1) is 11.0 Å². The summed E-state index contributed by atoms with van der Waals surface area (Å²) in [6, 6.07) is 2.28. The van der Waals surface area contributed by atoms with Crippen molar-refractivity contribution in [2.24, 2.45) is 0 Å². The first-order valence-corrected chi connectivity index (χ1v) is 7.50. The number of benzene rings is 1. The van der Waals surface area contributed by atoms with Crippen LogP contribution in [0.3, 0.4) is 0 Å². The van der Waals surface area contributed by atoms with Crippen molar-refractivity contribution in [3.05, 3.63) is 27.8 Å². The van der Waals surface area contributed by atoms with Crippen LogP contribution in [0.15, 0.2) is 12.1 Å². The zero-order chi connectivity index (χ0) is 17.7. The maximum Gasteiger partial charge on any atom is 0.345 e. The van der Waals surface area contributed by atoms with E-state index in [0.717, 1.165) is 18.9 Å². The van der Waals surface area contributed by atoms with Crippen molar-refractivity contribution in [3.63, 3.8) is 0 Å². The van der Waals surface area contributed by atoms with E-state index in [1.807, 2.05) is 13.8 Å². The van der Waals surface area contributed by atoms with Crippen molar-refractivity contribution < 1.29 is 28.7 Å². The van der Waals surface area contributed by atoms with Gasteiger partial charge in [-0.05, 0) is 12.8 Å². The highest BCUT2D eigenvalue weighted by Gasteiger charge is 2.28. The normalized spacial score (nSPS) is 12.1. The lowest BCUT2D eigenvalue weighted by Gasteiger charge is -2.14. The van der Waals surface area contributed by atoms with Crippen molar-refractivity contribution in [2.45, 2.75) is 32.7 Å². The summed E-state index contributed by atoms with van der Waals surface area (Å²) < 4.78 is 15.0. The largest absolute Gasteiger partial charge is 0.454 e. The average molecular weight is 338 g/mol. The van der Waals surface area contributed by atoms with Crippen LogP contribution in [0, 0.1) is 10.1 Å². The van der Waals surface area contributed by atoms with Gasteiger partial charge in [0.25, 0.3) is 11.6 Å². The Morgan fingerprint density at radius 1 is 1.29 bits per heavy atom. The van der Waals surface area contributed by atoms with Gasteiger partial charge in [0.15, 0.2) is 18.1 Å². The van der Waals surface area contributed by atoms with E-state index in [1.165, 1.54) is 6.07 Å². The first kappa shape index (κ1) is 17.5. The molecule has 1 aromatic carbocycles. The number of fused-ring (bicyclic) bond motifs is 1. The quantitative estimate of drug-likeness (QED) is 0.457. The highest BCUT2D eigenvalue weighted by Crippen LogP contribution is 2.38. The van der Waals surface area contributed by atoms with Crippen LogP contribution >= 0.6 is 0 Å². The Kier molecular flexibility index (Phi) is 5.56. The lowest BCUT2D eigenvalue weighted by Crippen LogP contribution is -2.36. The molecule has 1 N–H and O–H groups in total. The van der Waals surface area contributed by atoms with Gasteiger partial charge in [-0.25, -0.2) is 4.79 Å². The number of ether oxygens (including phenoxy) is 3. The summed E-state index contributed by atoms with van der Waals surface area (Å²) in [5.41, 5.74) is -0.760. The lowest BCUT2D eigenvalue weighted by molar-refractivity contribution is -0.385. The minimum atomic E-state index is -0.973. The number of nitrogens with one attached hydrogen (secondary N) is 1. The van der Waals surface area contributed by atoms with Crippen molar-refractivity contribution in [1.82, 2.24) is 5.32 Å². The number of hydrogen-bond donors (Lipinski definition) is 1. The van der Waals surface area contributed by atoms with Gasteiger partial charge in [-0.2, -0.15) is 0 Å². The summed E-state index contributed by atoms with van der Waals surface area (Å²) in [5, 5.41) is 13.8. The van der Waals surface area contributed by atoms with Gasteiger partial charge < -0.3 is 19.5 Å². The van der Waals surface area contributed by atoms with Gasteiger partial charge in [-0.3, -0.25) is 14.9 Å². The molecule has 2 rings (SSSR count). The van der Waals surface area contributed by atoms with E-state index in [9.17, 15) is 19.7 Å². The van der Waals surface area contributed by atoms with Crippen LogP contribution in [-0.2, 0) is 9.53 Å². The molecule has 130 valence electrons. The minimum absolute atomic E-state index is 0.00363. The predicted octanol–water partition coefficient (Wildman–Crippen LogP) is 1.79. The first-order chi connectivity index (χ1) is 11.5. The molecule has 0 bridgehead atoms. The Hall–Kier alpha value is -2.84. The number of nitro groups is 1. The minimum Gasteiger partial charge on any atom is -0.454 e. The molecule has 0 radical (unpaired) electrons. The number of amides is 1. The van der Waals surface area contributed by atoms with E-state index >= 15 is 0 Å². The Balaban J connectivity index is 2.07. The number of rotatable bonds is 7. The molecule has 0 aromatic heterocycles. The summed E-state index contributed by atoms with van der Waals surface area (Å²) in [5.74, 6) is -1.03. The predicted molar refractivity (Wildman–Crippen MR) is 82.0 cm³/mol. The first-order valence-electron chi connectivity index (χ1n) is 7.50. The number of carbonyl (C=O) groups is 2. The fourth-order valence-electron chi connectivity index (χ4n) is 2.22. The monoisotopic (exact) mass is 338 g/mol. The van der Waals surface area contributed by atoms with E-state index < -0.39 is 29.1 Å². The second kappa shape index (κ2) is 7.62. The van der Waals surface area contributed by atoms with Crippen molar-refractivity contribution >= 4 is 17.6 Å². The topological polar surface area (TPSA) is 117 Å². The summed E-state index contributed by atoms with van der Waals surface area (Å²) >= 11 is 0. The molecule has 0 spiro atoms. The zero-order valence-electron chi connectivity index (χ0n) is 13.4. The fraction of sp³-hybridized carbons (Fsp3) is 0.467. The highest BCUT2D eigenvalue weighted by molar-refractivity contribution is 5.96. The molecule has 1 amide bonds. The van der Waals surface area contributed by atoms with Gasteiger partial charge in [0, 0.05) is 12.1 Å². The van der Waals surface area contributed by atoms with Crippen LogP contribution in [-0.4, -0.2) is 36.2 Å². The van der Waals surface area contributed by atoms with Crippen LogP contribution in [0.2, 0.25) is 0 Å². The van der Waals surface area contributed by atoms with Crippen molar-refractivity contribution in [1.29, 1.82) is 0 Å². The second-order valence-corrected chi connectivity index (χ2v) is 5.14. The average Bonchev–Trinajstić information content (AvgIpc) is 3.03. The van der Waals surface area contributed by atoms with Crippen LogP contribution < -0.4 is 14.8 Å². The molecule has 1 aromatic rings. The van der Waals surface area contributed by atoms with Crippen molar-refractivity contribution in [2.75, 3.05) is 13.4 Å². The van der Waals surface area contributed by atoms with Gasteiger partial charge >= 0.3 is 5.97 Å². The summed E-state index contributed by atoms with van der Waals surface area (Å²) in [6.45, 7) is 3.26. The van der Waals surface area contributed by atoms with Crippen LogP contribution in [0.1, 0.15) is 37.0 Å². The Morgan fingerprint density at radius 2 is 1.92 bits per heavy atom. The zero-order valence-corrected chi connectivity index (χ0v) is 13.4. The van der Waals surface area contributed by atoms with Gasteiger partial charge in [-0.1, -0.05) is 13.8 Å². The highest BCUT2D eigenvalue weighted by atomic mass is 16.7. The summed E-state index contributed by atoms with van der Waals surface area (Å²) in [4.78, 5) is 34.2. The third kappa shape index (κ3) is 3.92. The Bertz CT molecular complexity index is 655. The van der Waals surface area contributed by atoms with Crippen LogP contribution in [0.4, 0.5) is 5.69 Å². The third-order valence-electron chi connectivity index (χ3n) is 3.59. The van der Waals surface area contributed by atoms with Crippen LogP contribution in [0.5, 0.6) is 11.5 Å². The molecule has 9 heteroatoms. The lowest BCUT2D eigenvalue weighted by atomic mass is 10.1. The molecular weight excluding hydrogens is 320 g/mol. The molecule has 1 aliphatic rings. The number of nitro benzene ring substituents is 1. The summed E-state index contributed by atoms with van der Waals surface area (Å²) in [6.07, 6.45) is 1.51. The number of nitrogens with zero attached hydrogens (tertiary/aromatic N) is 1. The van der Waals surface area contributed by atoms with E-state index in [0.29, 0.717) is 0 Å². The second-order valence-electron chi connectivity index (χ2n) is 5.14. The molecule has 0 unspecified atom stereocenters. The van der Waals surface area contributed by atoms with E-state index in [4.69, 9.17) is 14.2 Å². The van der Waals surface area contributed by atoms with Gasteiger partial charge in [0.1, 0.15) is 5.56 Å². The Morgan fingerprint density at radius 3 is 2.50 bits per heavy atom. The van der Waals surface area contributed by atoms with E-state index in [2.05, 4.69) is 5.32 Å². The molecule has 0 atom stereocenters. The summed E-state index contributed by atoms with van der Waals surface area (Å²) in [7, 11) is 0.